The average Bonchev–Trinajstić information content (AvgIpc) is 2.56. The Hall–Kier alpha value is -3.33. The zero-order chi connectivity index (χ0) is 15.5. The quantitative estimate of drug-likeness (QED) is 0.683. The lowest BCUT2D eigenvalue weighted by Crippen LogP contribution is -2.20. The van der Waals surface area contributed by atoms with Gasteiger partial charge < -0.3 is 5.32 Å². The third-order valence-electron chi connectivity index (χ3n) is 3.36. The standard InChI is InChI=1S/C16H12N4O2/c17-8-10-3-1-4-11(7-10)9-18-13-6-2-5-12-14(13)16(22)20-19-15(12)21/h1-7,18H,9H2,(H,19,21)(H,20,22). The molecule has 3 N–H and O–H groups in total. The summed E-state index contributed by atoms with van der Waals surface area (Å²) in [5.74, 6) is 0. The van der Waals surface area contributed by atoms with Gasteiger partial charge in [0.1, 0.15) is 0 Å². The Morgan fingerprint density at radius 3 is 2.64 bits per heavy atom. The van der Waals surface area contributed by atoms with Crippen LogP contribution >= 0.6 is 0 Å². The monoisotopic (exact) mass is 292 g/mol. The summed E-state index contributed by atoms with van der Waals surface area (Å²) in [6.07, 6.45) is 0. The molecule has 1 aromatic heterocycles. The summed E-state index contributed by atoms with van der Waals surface area (Å²) in [6.45, 7) is 0.445. The van der Waals surface area contributed by atoms with Crippen molar-refractivity contribution in [2.24, 2.45) is 0 Å². The largest absolute Gasteiger partial charge is 0.380 e. The molecular weight excluding hydrogens is 280 g/mol. The molecule has 0 amide bonds. The van der Waals surface area contributed by atoms with Gasteiger partial charge in [0.2, 0.25) is 0 Å². The fraction of sp³-hybridized carbons (Fsp3) is 0.0625. The van der Waals surface area contributed by atoms with Crippen molar-refractivity contribution in [3.8, 4) is 6.07 Å². The lowest BCUT2D eigenvalue weighted by molar-refractivity contribution is 0.976. The van der Waals surface area contributed by atoms with Crippen LogP contribution < -0.4 is 16.4 Å². The zero-order valence-corrected chi connectivity index (χ0v) is 11.5. The molecule has 3 aromatic rings. The van der Waals surface area contributed by atoms with Crippen molar-refractivity contribution in [3.63, 3.8) is 0 Å². The van der Waals surface area contributed by atoms with Gasteiger partial charge in [0.25, 0.3) is 11.1 Å². The minimum absolute atomic E-state index is 0.322. The minimum atomic E-state index is -0.358. The minimum Gasteiger partial charge on any atom is -0.380 e. The summed E-state index contributed by atoms with van der Waals surface area (Å²) in [4.78, 5) is 23.7. The molecule has 0 fully saturated rings. The number of H-pyrrole nitrogens is 2. The first-order valence-corrected chi connectivity index (χ1v) is 6.65. The normalized spacial score (nSPS) is 10.3. The van der Waals surface area contributed by atoms with Crippen LogP contribution in [0.1, 0.15) is 11.1 Å². The van der Waals surface area contributed by atoms with Crippen molar-refractivity contribution in [2.75, 3.05) is 5.32 Å². The molecule has 0 spiro atoms. The molecule has 0 saturated carbocycles. The molecule has 0 aliphatic heterocycles. The molecule has 0 bridgehead atoms. The highest BCUT2D eigenvalue weighted by Gasteiger charge is 2.07. The molecule has 1 heterocycles. The highest BCUT2D eigenvalue weighted by molar-refractivity contribution is 5.92. The Morgan fingerprint density at radius 1 is 1.05 bits per heavy atom. The molecule has 6 heteroatoms. The smallest absolute Gasteiger partial charge is 0.272 e. The van der Waals surface area contributed by atoms with Crippen LogP contribution in [0.15, 0.2) is 52.1 Å². The van der Waals surface area contributed by atoms with Crippen LogP contribution in [0.25, 0.3) is 10.8 Å². The lowest BCUT2D eigenvalue weighted by atomic mass is 10.1. The molecule has 2 aromatic carbocycles. The first-order valence-electron chi connectivity index (χ1n) is 6.65. The average molecular weight is 292 g/mol. The third-order valence-corrected chi connectivity index (χ3v) is 3.36. The van der Waals surface area contributed by atoms with Gasteiger partial charge in [0, 0.05) is 12.2 Å². The number of anilines is 1. The summed E-state index contributed by atoms with van der Waals surface area (Å²) >= 11 is 0. The number of aromatic nitrogens is 2. The second kappa shape index (κ2) is 5.58. The zero-order valence-electron chi connectivity index (χ0n) is 11.5. The van der Waals surface area contributed by atoms with Crippen LogP contribution in [0, 0.1) is 11.3 Å². The van der Waals surface area contributed by atoms with Crippen molar-refractivity contribution in [1.82, 2.24) is 10.2 Å². The second-order valence-electron chi connectivity index (χ2n) is 4.80. The second-order valence-corrected chi connectivity index (χ2v) is 4.80. The summed E-state index contributed by atoms with van der Waals surface area (Å²) in [5, 5.41) is 17.3. The van der Waals surface area contributed by atoms with Gasteiger partial charge in [0.05, 0.1) is 22.4 Å². The van der Waals surface area contributed by atoms with E-state index in [-0.39, 0.29) is 11.1 Å². The van der Waals surface area contributed by atoms with E-state index < -0.39 is 0 Å². The first kappa shape index (κ1) is 13.6. The molecule has 108 valence electrons. The number of hydrogen-bond donors (Lipinski definition) is 3. The van der Waals surface area contributed by atoms with E-state index in [2.05, 4.69) is 21.6 Å². The van der Waals surface area contributed by atoms with Gasteiger partial charge in [-0.05, 0) is 29.8 Å². The Balaban J connectivity index is 1.98. The highest BCUT2D eigenvalue weighted by atomic mass is 16.1. The van der Waals surface area contributed by atoms with Crippen molar-refractivity contribution < 1.29 is 0 Å². The summed E-state index contributed by atoms with van der Waals surface area (Å²) in [6, 6.07) is 14.3. The number of nitriles is 1. The molecule has 3 rings (SSSR count). The molecule has 0 aliphatic rings. The molecule has 0 saturated heterocycles. The van der Waals surface area contributed by atoms with E-state index in [4.69, 9.17) is 5.26 Å². The third kappa shape index (κ3) is 2.47. The number of rotatable bonds is 3. The van der Waals surface area contributed by atoms with Crippen molar-refractivity contribution in [1.29, 1.82) is 5.26 Å². The predicted octanol–water partition coefficient (Wildman–Crippen LogP) is 1.70. The number of hydrogen-bond acceptors (Lipinski definition) is 4. The summed E-state index contributed by atoms with van der Waals surface area (Å²) < 4.78 is 0. The number of nitrogens with one attached hydrogen (secondary N) is 3. The highest BCUT2D eigenvalue weighted by Crippen LogP contribution is 2.17. The summed E-state index contributed by atoms with van der Waals surface area (Å²) in [7, 11) is 0. The topological polar surface area (TPSA) is 102 Å². The van der Waals surface area contributed by atoms with Gasteiger partial charge in [-0.3, -0.25) is 19.8 Å². The number of nitrogens with zero attached hydrogens (tertiary/aromatic N) is 1. The SMILES string of the molecule is N#Cc1cccc(CNc2cccc3c(=O)[nH][nH]c(=O)c23)c1. The van der Waals surface area contributed by atoms with Gasteiger partial charge in [-0.25, -0.2) is 0 Å². The maximum atomic E-state index is 12.0. The Morgan fingerprint density at radius 2 is 1.82 bits per heavy atom. The van der Waals surface area contributed by atoms with Crippen LogP contribution in [0.3, 0.4) is 0 Å². The van der Waals surface area contributed by atoms with E-state index in [1.807, 2.05) is 6.07 Å². The Kier molecular flexibility index (Phi) is 3.46. The Bertz CT molecular complexity index is 995. The maximum absolute atomic E-state index is 12.0. The maximum Gasteiger partial charge on any atom is 0.272 e. The van der Waals surface area contributed by atoms with E-state index in [1.54, 1.807) is 36.4 Å². The van der Waals surface area contributed by atoms with Gasteiger partial charge in [-0.2, -0.15) is 5.26 Å². The van der Waals surface area contributed by atoms with Crippen LogP contribution in [0.4, 0.5) is 5.69 Å². The van der Waals surface area contributed by atoms with E-state index in [1.165, 1.54) is 0 Å². The fourth-order valence-electron chi connectivity index (χ4n) is 2.32. The van der Waals surface area contributed by atoms with Crippen LogP contribution in [-0.4, -0.2) is 10.2 Å². The number of fused-ring (bicyclic) bond motifs is 1. The lowest BCUT2D eigenvalue weighted by Gasteiger charge is -2.09. The Labute approximate surface area is 125 Å². The van der Waals surface area contributed by atoms with Crippen LogP contribution in [0.2, 0.25) is 0 Å². The first-order chi connectivity index (χ1) is 10.7. The van der Waals surface area contributed by atoms with Gasteiger partial charge in [0.15, 0.2) is 0 Å². The van der Waals surface area contributed by atoms with Crippen molar-refractivity contribution >= 4 is 16.5 Å². The van der Waals surface area contributed by atoms with Crippen LogP contribution in [-0.2, 0) is 6.54 Å². The number of benzene rings is 2. The molecule has 0 aliphatic carbocycles. The molecular formula is C16H12N4O2. The van der Waals surface area contributed by atoms with Crippen molar-refractivity contribution in [3.05, 3.63) is 74.3 Å². The number of aromatic amines is 2. The van der Waals surface area contributed by atoms with Gasteiger partial charge >= 0.3 is 0 Å². The van der Waals surface area contributed by atoms with Gasteiger partial charge in [-0.1, -0.05) is 18.2 Å². The molecule has 0 unspecified atom stereocenters. The molecule has 6 nitrogen and oxygen atoms in total. The summed E-state index contributed by atoms with van der Waals surface area (Å²) in [5.41, 5.74) is 1.37. The molecule has 0 atom stereocenters. The molecule has 0 radical (unpaired) electrons. The van der Waals surface area contributed by atoms with Gasteiger partial charge in [-0.15, -0.1) is 0 Å². The van der Waals surface area contributed by atoms with Crippen molar-refractivity contribution in [2.45, 2.75) is 6.54 Å². The van der Waals surface area contributed by atoms with E-state index in [0.29, 0.717) is 28.6 Å². The van der Waals surface area contributed by atoms with Crippen LogP contribution in [0.5, 0.6) is 0 Å². The van der Waals surface area contributed by atoms with E-state index >= 15 is 0 Å². The van der Waals surface area contributed by atoms with E-state index in [9.17, 15) is 9.59 Å². The fourth-order valence-corrected chi connectivity index (χ4v) is 2.32. The van der Waals surface area contributed by atoms with E-state index in [0.717, 1.165) is 5.56 Å². The molecule has 22 heavy (non-hydrogen) atoms. The predicted molar refractivity (Wildman–Crippen MR) is 83.7 cm³/mol.